The number of ether oxygens (including phenoxy) is 2. The second-order valence-corrected chi connectivity index (χ2v) is 4.59. The summed E-state index contributed by atoms with van der Waals surface area (Å²) in [6, 6.07) is 9.25. The van der Waals surface area contributed by atoms with E-state index in [1.807, 2.05) is 0 Å². The summed E-state index contributed by atoms with van der Waals surface area (Å²) in [6.07, 6.45) is 0. The Morgan fingerprint density at radius 2 is 1.95 bits per heavy atom. The molecule has 3 rings (SSSR count). The van der Waals surface area contributed by atoms with Gasteiger partial charge in [-0.1, -0.05) is 11.6 Å². The van der Waals surface area contributed by atoms with Gasteiger partial charge in [0.1, 0.15) is 5.75 Å². The maximum absolute atomic E-state index is 12.1. The molecule has 1 aliphatic rings. The van der Waals surface area contributed by atoms with Crippen molar-refractivity contribution in [3.8, 4) is 17.2 Å². The first-order valence-corrected chi connectivity index (χ1v) is 6.21. The van der Waals surface area contributed by atoms with Gasteiger partial charge < -0.3 is 19.9 Å². The molecule has 0 radical (unpaired) electrons. The number of hydrogen-bond acceptors (Lipinski definition) is 4. The number of amides is 1. The van der Waals surface area contributed by atoms with Crippen LogP contribution in [0.2, 0.25) is 5.02 Å². The molecule has 0 aromatic heterocycles. The third-order valence-corrected chi connectivity index (χ3v) is 3.15. The van der Waals surface area contributed by atoms with Crippen molar-refractivity contribution in [2.24, 2.45) is 0 Å². The molecule has 1 amide bonds. The molecule has 0 saturated carbocycles. The average molecular weight is 292 g/mol. The molecule has 1 heterocycles. The van der Waals surface area contributed by atoms with E-state index in [4.69, 9.17) is 21.1 Å². The zero-order valence-electron chi connectivity index (χ0n) is 10.2. The van der Waals surface area contributed by atoms with Crippen molar-refractivity contribution in [1.29, 1.82) is 0 Å². The van der Waals surface area contributed by atoms with Crippen LogP contribution in [0.5, 0.6) is 17.2 Å². The van der Waals surface area contributed by atoms with E-state index in [2.05, 4.69) is 5.32 Å². The van der Waals surface area contributed by atoms with Crippen molar-refractivity contribution in [2.45, 2.75) is 0 Å². The van der Waals surface area contributed by atoms with Gasteiger partial charge in [0.25, 0.3) is 5.91 Å². The number of hydrogen-bond donors (Lipinski definition) is 2. The molecule has 0 saturated heterocycles. The molecule has 20 heavy (non-hydrogen) atoms. The SMILES string of the molecule is O=C(Nc1ccc(O)cc1Cl)c1ccc2c(c1)OCO2. The molecule has 0 spiro atoms. The van der Waals surface area contributed by atoms with E-state index < -0.39 is 0 Å². The Hall–Kier alpha value is -2.40. The van der Waals surface area contributed by atoms with Gasteiger partial charge in [-0.3, -0.25) is 4.79 Å². The minimum atomic E-state index is -0.323. The first-order chi connectivity index (χ1) is 9.63. The summed E-state index contributed by atoms with van der Waals surface area (Å²) in [5, 5.41) is 12.2. The van der Waals surface area contributed by atoms with Gasteiger partial charge in [-0.25, -0.2) is 0 Å². The number of carbonyl (C=O) groups is 1. The monoisotopic (exact) mass is 291 g/mol. The topological polar surface area (TPSA) is 67.8 Å². The molecule has 2 aromatic carbocycles. The van der Waals surface area contributed by atoms with E-state index in [0.29, 0.717) is 22.7 Å². The number of phenolic OH excluding ortho intramolecular Hbond substituents is 1. The van der Waals surface area contributed by atoms with E-state index in [1.54, 1.807) is 18.2 Å². The highest BCUT2D eigenvalue weighted by molar-refractivity contribution is 6.34. The zero-order chi connectivity index (χ0) is 14.1. The summed E-state index contributed by atoms with van der Waals surface area (Å²) in [7, 11) is 0. The highest BCUT2D eigenvalue weighted by atomic mass is 35.5. The number of anilines is 1. The lowest BCUT2D eigenvalue weighted by Gasteiger charge is -2.08. The van der Waals surface area contributed by atoms with E-state index in [-0.39, 0.29) is 23.5 Å². The van der Waals surface area contributed by atoms with Gasteiger partial charge in [0.15, 0.2) is 11.5 Å². The van der Waals surface area contributed by atoms with Gasteiger partial charge in [0.2, 0.25) is 6.79 Å². The van der Waals surface area contributed by atoms with Gasteiger partial charge in [0.05, 0.1) is 10.7 Å². The molecule has 0 bridgehead atoms. The van der Waals surface area contributed by atoms with E-state index in [0.717, 1.165) is 0 Å². The summed E-state index contributed by atoms with van der Waals surface area (Å²) in [5.41, 5.74) is 0.852. The molecular weight excluding hydrogens is 282 g/mol. The fourth-order valence-corrected chi connectivity index (χ4v) is 2.06. The molecule has 6 heteroatoms. The second-order valence-electron chi connectivity index (χ2n) is 4.19. The van der Waals surface area contributed by atoms with E-state index in [1.165, 1.54) is 18.2 Å². The molecular formula is C14H10ClNO4. The molecule has 0 atom stereocenters. The highest BCUT2D eigenvalue weighted by Crippen LogP contribution is 2.33. The predicted octanol–water partition coefficient (Wildman–Crippen LogP) is 3.03. The quantitative estimate of drug-likeness (QED) is 0.835. The Balaban J connectivity index is 1.82. The Morgan fingerprint density at radius 1 is 1.15 bits per heavy atom. The lowest BCUT2D eigenvalue weighted by molar-refractivity contribution is 0.102. The van der Waals surface area contributed by atoms with Crippen molar-refractivity contribution in [1.82, 2.24) is 0 Å². The van der Waals surface area contributed by atoms with Crippen LogP contribution in [0.1, 0.15) is 10.4 Å². The summed E-state index contributed by atoms with van der Waals surface area (Å²) in [4.78, 5) is 12.1. The summed E-state index contributed by atoms with van der Waals surface area (Å²) in [6.45, 7) is 0.157. The van der Waals surface area contributed by atoms with Crippen LogP contribution >= 0.6 is 11.6 Å². The number of rotatable bonds is 2. The Labute approximate surface area is 119 Å². The standard InChI is InChI=1S/C14H10ClNO4/c15-10-6-9(17)2-3-11(10)16-14(18)8-1-4-12-13(5-8)20-7-19-12/h1-6,17H,7H2,(H,16,18). The number of carbonyl (C=O) groups excluding carboxylic acids is 1. The molecule has 2 N–H and O–H groups in total. The number of nitrogens with one attached hydrogen (secondary N) is 1. The van der Waals surface area contributed by atoms with Crippen molar-refractivity contribution in [3.05, 3.63) is 47.0 Å². The average Bonchev–Trinajstić information content (AvgIpc) is 2.89. The summed E-state index contributed by atoms with van der Waals surface area (Å²) in [5.74, 6) is 0.866. The smallest absolute Gasteiger partial charge is 0.255 e. The lowest BCUT2D eigenvalue weighted by atomic mass is 10.2. The summed E-state index contributed by atoms with van der Waals surface area (Å²) < 4.78 is 10.4. The number of benzene rings is 2. The molecule has 5 nitrogen and oxygen atoms in total. The van der Waals surface area contributed by atoms with Gasteiger partial charge in [-0.2, -0.15) is 0 Å². The van der Waals surface area contributed by atoms with Crippen LogP contribution in [-0.2, 0) is 0 Å². The van der Waals surface area contributed by atoms with Crippen LogP contribution in [0, 0.1) is 0 Å². The number of halogens is 1. The van der Waals surface area contributed by atoms with Gasteiger partial charge in [-0.15, -0.1) is 0 Å². The van der Waals surface area contributed by atoms with Crippen LogP contribution in [0.3, 0.4) is 0 Å². The maximum atomic E-state index is 12.1. The van der Waals surface area contributed by atoms with Gasteiger partial charge in [0, 0.05) is 11.6 Å². The number of phenols is 1. The molecule has 0 fully saturated rings. The largest absolute Gasteiger partial charge is 0.508 e. The highest BCUT2D eigenvalue weighted by Gasteiger charge is 2.16. The fourth-order valence-electron chi connectivity index (χ4n) is 1.84. The van der Waals surface area contributed by atoms with Crippen molar-refractivity contribution >= 4 is 23.2 Å². The minimum Gasteiger partial charge on any atom is -0.508 e. The van der Waals surface area contributed by atoms with Crippen LogP contribution in [0.25, 0.3) is 0 Å². The van der Waals surface area contributed by atoms with Crippen molar-refractivity contribution in [2.75, 3.05) is 12.1 Å². The van der Waals surface area contributed by atoms with Gasteiger partial charge in [-0.05, 0) is 30.3 Å². The van der Waals surface area contributed by atoms with Crippen LogP contribution in [-0.4, -0.2) is 17.8 Å². The van der Waals surface area contributed by atoms with Crippen molar-refractivity contribution in [3.63, 3.8) is 0 Å². The second kappa shape index (κ2) is 4.94. The Morgan fingerprint density at radius 3 is 2.75 bits per heavy atom. The fraction of sp³-hybridized carbons (Fsp3) is 0.0714. The van der Waals surface area contributed by atoms with Crippen LogP contribution in [0.4, 0.5) is 5.69 Å². The number of fused-ring (bicyclic) bond motifs is 1. The lowest BCUT2D eigenvalue weighted by Crippen LogP contribution is -2.12. The molecule has 102 valence electrons. The number of aromatic hydroxyl groups is 1. The first-order valence-electron chi connectivity index (χ1n) is 5.83. The van der Waals surface area contributed by atoms with E-state index in [9.17, 15) is 9.90 Å². The normalized spacial score (nSPS) is 12.2. The maximum Gasteiger partial charge on any atom is 0.255 e. The third-order valence-electron chi connectivity index (χ3n) is 2.84. The molecule has 2 aromatic rings. The van der Waals surface area contributed by atoms with Crippen LogP contribution in [0.15, 0.2) is 36.4 Å². The van der Waals surface area contributed by atoms with Crippen LogP contribution < -0.4 is 14.8 Å². The molecule has 0 aliphatic carbocycles. The first kappa shape index (κ1) is 12.6. The minimum absolute atomic E-state index is 0.0380. The third kappa shape index (κ3) is 2.35. The Bertz CT molecular complexity index is 687. The predicted molar refractivity (Wildman–Crippen MR) is 73.6 cm³/mol. The molecule has 0 unspecified atom stereocenters. The Kier molecular flexibility index (Phi) is 3.12. The zero-order valence-corrected chi connectivity index (χ0v) is 11.0. The van der Waals surface area contributed by atoms with E-state index >= 15 is 0 Å². The van der Waals surface area contributed by atoms with Gasteiger partial charge >= 0.3 is 0 Å². The van der Waals surface area contributed by atoms with Crippen molar-refractivity contribution < 1.29 is 19.4 Å². The molecule has 1 aliphatic heterocycles. The summed E-state index contributed by atoms with van der Waals surface area (Å²) >= 11 is 5.94.